The van der Waals surface area contributed by atoms with E-state index in [4.69, 9.17) is 0 Å². The fourth-order valence-corrected chi connectivity index (χ4v) is 1.96. The minimum atomic E-state index is 1.19. The molecule has 10 heavy (non-hydrogen) atoms. The topological polar surface area (TPSA) is 0 Å². The van der Waals surface area contributed by atoms with Crippen molar-refractivity contribution < 1.29 is 0 Å². The van der Waals surface area contributed by atoms with Crippen LogP contribution in [0.4, 0.5) is 0 Å². The van der Waals surface area contributed by atoms with Crippen molar-refractivity contribution >= 4 is 34.4 Å². The standard InChI is InChI=1S/C8H15IS/c1-3-5-6-8(9)7-10-4-2/h7H,3-6H2,1-2H3/b8-7+. The second kappa shape index (κ2) is 7.92. The molecule has 0 saturated carbocycles. The fraction of sp³-hybridized carbons (Fsp3) is 0.750. The lowest BCUT2D eigenvalue weighted by Crippen LogP contribution is -1.72. The van der Waals surface area contributed by atoms with E-state index in [1.54, 1.807) is 0 Å². The largest absolute Gasteiger partial charge is 0.134 e. The van der Waals surface area contributed by atoms with Gasteiger partial charge in [0, 0.05) is 0 Å². The molecule has 2 heteroatoms. The number of rotatable bonds is 5. The van der Waals surface area contributed by atoms with Crippen molar-refractivity contribution in [2.24, 2.45) is 0 Å². The van der Waals surface area contributed by atoms with Gasteiger partial charge in [0.1, 0.15) is 0 Å². The molecule has 0 N–H and O–H groups in total. The maximum atomic E-state index is 2.43. The predicted molar refractivity (Wildman–Crippen MR) is 59.8 cm³/mol. The normalized spacial score (nSPS) is 12.1. The Bertz CT molecular complexity index is 99.4. The molecular weight excluding hydrogens is 255 g/mol. The summed E-state index contributed by atoms with van der Waals surface area (Å²) in [6, 6.07) is 0. The van der Waals surface area contributed by atoms with E-state index >= 15 is 0 Å². The third-order valence-electron chi connectivity index (χ3n) is 1.15. The Morgan fingerprint density at radius 2 is 2.20 bits per heavy atom. The lowest BCUT2D eigenvalue weighted by Gasteiger charge is -1.95. The van der Waals surface area contributed by atoms with Gasteiger partial charge in [-0.2, -0.15) is 0 Å². The van der Waals surface area contributed by atoms with Crippen LogP contribution in [0.5, 0.6) is 0 Å². The zero-order valence-electron chi connectivity index (χ0n) is 6.69. The van der Waals surface area contributed by atoms with Gasteiger partial charge < -0.3 is 0 Å². The second-order valence-electron chi connectivity index (χ2n) is 2.12. The van der Waals surface area contributed by atoms with E-state index < -0.39 is 0 Å². The summed E-state index contributed by atoms with van der Waals surface area (Å²) in [6.07, 6.45) is 3.90. The van der Waals surface area contributed by atoms with Crippen LogP contribution in [-0.4, -0.2) is 5.75 Å². The zero-order valence-corrected chi connectivity index (χ0v) is 9.67. The molecule has 0 aliphatic heterocycles. The van der Waals surface area contributed by atoms with E-state index in [9.17, 15) is 0 Å². The van der Waals surface area contributed by atoms with Crippen molar-refractivity contribution in [1.29, 1.82) is 0 Å². The molecule has 0 nitrogen and oxygen atoms in total. The van der Waals surface area contributed by atoms with E-state index in [-0.39, 0.29) is 0 Å². The number of unbranched alkanes of at least 4 members (excludes halogenated alkanes) is 1. The Morgan fingerprint density at radius 3 is 2.70 bits per heavy atom. The van der Waals surface area contributed by atoms with Crippen molar-refractivity contribution in [2.45, 2.75) is 33.1 Å². The van der Waals surface area contributed by atoms with Gasteiger partial charge >= 0.3 is 0 Å². The van der Waals surface area contributed by atoms with Crippen LogP contribution in [0.15, 0.2) is 8.99 Å². The highest BCUT2D eigenvalue weighted by Gasteiger charge is 1.89. The van der Waals surface area contributed by atoms with E-state index in [1.807, 2.05) is 11.8 Å². The fourth-order valence-electron chi connectivity index (χ4n) is 0.578. The highest BCUT2D eigenvalue weighted by Crippen LogP contribution is 2.18. The molecule has 0 atom stereocenters. The summed E-state index contributed by atoms with van der Waals surface area (Å²) < 4.78 is 1.51. The molecule has 0 radical (unpaired) electrons. The molecule has 0 aromatic rings. The minimum absolute atomic E-state index is 1.19. The highest BCUT2D eigenvalue weighted by atomic mass is 127. The highest BCUT2D eigenvalue weighted by molar-refractivity contribution is 14.1. The quantitative estimate of drug-likeness (QED) is 0.674. The Kier molecular flexibility index (Phi) is 8.57. The Labute approximate surface area is 82.0 Å². The van der Waals surface area contributed by atoms with Gasteiger partial charge in [-0.05, 0) is 50.2 Å². The molecule has 60 valence electrons. The van der Waals surface area contributed by atoms with Crippen LogP contribution in [0.25, 0.3) is 0 Å². The predicted octanol–water partition coefficient (Wildman–Crippen LogP) is 4.21. The summed E-state index contributed by atoms with van der Waals surface area (Å²) in [4.78, 5) is 0. The first-order chi connectivity index (χ1) is 4.81. The Morgan fingerprint density at radius 1 is 1.50 bits per heavy atom. The monoisotopic (exact) mass is 270 g/mol. The third-order valence-corrected chi connectivity index (χ3v) is 3.20. The zero-order chi connectivity index (χ0) is 7.82. The summed E-state index contributed by atoms with van der Waals surface area (Å²) in [5.41, 5.74) is 0. The summed E-state index contributed by atoms with van der Waals surface area (Å²) in [7, 11) is 0. The molecule has 0 fully saturated rings. The van der Waals surface area contributed by atoms with Crippen LogP contribution >= 0.6 is 34.4 Å². The molecule has 0 unspecified atom stereocenters. The number of allylic oxidation sites excluding steroid dienone is 1. The first-order valence-electron chi connectivity index (χ1n) is 3.77. The summed E-state index contributed by atoms with van der Waals surface area (Å²) in [5, 5.41) is 2.27. The van der Waals surface area contributed by atoms with Gasteiger partial charge in [-0.1, -0.05) is 20.3 Å². The van der Waals surface area contributed by atoms with Gasteiger partial charge in [-0.25, -0.2) is 0 Å². The molecule has 0 saturated heterocycles. The van der Waals surface area contributed by atoms with Crippen molar-refractivity contribution in [1.82, 2.24) is 0 Å². The Hall–Kier alpha value is 0.820. The van der Waals surface area contributed by atoms with E-state index in [1.165, 1.54) is 28.6 Å². The van der Waals surface area contributed by atoms with E-state index in [2.05, 4.69) is 41.8 Å². The maximum absolute atomic E-state index is 2.43. The summed E-state index contributed by atoms with van der Waals surface area (Å²) >= 11 is 4.33. The lowest BCUT2D eigenvalue weighted by atomic mass is 10.2. The minimum Gasteiger partial charge on any atom is -0.134 e. The van der Waals surface area contributed by atoms with E-state index in [0.717, 1.165) is 0 Å². The first-order valence-corrected chi connectivity index (χ1v) is 5.90. The SMILES string of the molecule is CCCC/C(I)=C\SCC. The average molecular weight is 270 g/mol. The number of hydrogen-bond donors (Lipinski definition) is 0. The molecular formula is C8H15IS. The van der Waals surface area contributed by atoms with Crippen LogP contribution in [0.3, 0.4) is 0 Å². The molecule has 0 aliphatic rings. The molecule has 0 spiro atoms. The number of thioether (sulfide) groups is 1. The van der Waals surface area contributed by atoms with Gasteiger partial charge in [-0.3, -0.25) is 0 Å². The van der Waals surface area contributed by atoms with E-state index in [0.29, 0.717) is 0 Å². The van der Waals surface area contributed by atoms with Gasteiger partial charge in [0.15, 0.2) is 0 Å². The van der Waals surface area contributed by atoms with Gasteiger partial charge in [-0.15, -0.1) is 11.8 Å². The first kappa shape index (κ1) is 10.8. The van der Waals surface area contributed by atoms with Gasteiger partial charge in [0.05, 0.1) is 0 Å². The second-order valence-corrected chi connectivity index (χ2v) is 4.66. The molecule has 0 aromatic carbocycles. The third kappa shape index (κ3) is 6.93. The van der Waals surface area contributed by atoms with Crippen molar-refractivity contribution in [2.75, 3.05) is 5.75 Å². The molecule has 0 rings (SSSR count). The van der Waals surface area contributed by atoms with Gasteiger partial charge in [0.25, 0.3) is 0 Å². The van der Waals surface area contributed by atoms with Gasteiger partial charge in [0.2, 0.25) is 0 Å². The lowest BCUT2D eigenvalue weighted by molar-refractivity contribution is 0.813. The van der Waals surface area contributed by atoms with Crippen LogP contribution in [0, 0.1) is 0 Å². The molecule has 0 aliphatic carbocycles. The summed E-state index contributed by atoms with van der Waals surface area (Å²) in [6.45, 7) is 4.42. The smallest absolute Gasteiger partial charge is 0.00311 e. The number of hydrogen-bond acceptors (Lipinski definition) is 1. The molecule has 0 heterocycles. The molecule has 0 amide bonds. The maximum Gasteiger partial charge on any atom is -0.00311 e. The molecule has 0 bridgehead atoms. The number of halogens is 1. The van der Waals surface area contributed by atoms with Crippen LogP contribution < -0.4 is 0 Å². The average Bonchev–Trinajstić information content (AvgIpc) is 1.97. The van der Waals surface area contributed by atoms with Crippen molar-refractivity contribution in [3.05, 3.63) is 8.99 Å². The van der Waals surface area contributed by atoms with Crippen LogP contribution in [0.1, 0.15) is 33.1 Å². The summed E-state index contributed by atoms with van der Waals surface area (Å²) in [5.74, 6) is 1.19. The Balaban J connectivity index is 3.30. The van der Waals surface area contributed by atoms with Crippen LogP contribution in [-0.2, 0) is 0 Å². The molecule has 0 aromatic heterocycles. The van der Waals surface area contributed by atoms with Crippen molar-refractivity contribution in [3.63, 3.8) is 0 Å². The van der Waals surface area contributed by atoms with Crippen molar-refractivity contribution in [3.8, 4) is 0 Å². The van der Waals surface area contributed by atoms with Crippen LogP contribution in [0.2, 0.25) is 0 Å².